The van der Waals surface area contributed by atoms with E-state index in [4.69, 9.17) is 4.74 Å². The molecule has 3 heteroatoms. The summed E-state index contributed by atoms with van der Waals surface area (Å²) in [6.07, 6.45) is 1.12. The van der Waals surface area contributed by atoms with Gasteiger partial charge in [0.25, 0.3) is 0 Å². The first-order valence-electron chi connectivity index (χ1n) is 6.95. The molecule has 98 valence electrons. The lowest BCUT2D eigenvalue weighted by Gasteiger charge is -2.38. The van der Waals surface area contributed by atoms with Crippen LogP contribution in [0.15, 0.2) is 12.1 Å². The van der Waals surface area contributed by atoms with Crippen LogP contribution in [0.5, 0.6) is 5.75 Å². The highest BCUT2D eigenvalue weighted by Gasteiger charge is 2.28. The van der Waals surface area contributed by atoms with E-state index in [2.05, 4.69) is 36.2 Å². The van der Waals surface area contributed by atoms with Crippen LogP contribution in [0, 0.1) is 13.8 Å². The lowest BCUT2D eigenvalue weighted by atomic mass is 9.94. The van der Waals surface area contributed by atoms with Gasteiger partial charge in [0, 0.05) is 44.2 Å². The summed E-state index contributed by atoms with van der Waals surface area (Å²) in [6.45, 7) is 9.71. The second kappa shape index (κ2) is 4.90. The van der Waals surface area contributed by atoms with Crippen LogP contribution in [0.25, 0.3) is 0 Å². The maximum Gasteiger partial charge on any atom is 0.127 e. The van der Waals surface area contributed by atoms with Crippen molar-refractivity contribution in [3.05, 3.63) is 28.8 Å². The number of piperazine rings is 1. The molecule has 1 atom stereocenters. The van der Waals surface area contributed by atoms with E-state index in [-0.39, 0.29) is 0 Å². The normalized spacial score (nSPS) is 24.4. The summed E-state index contributed by atoms with van der Waals surface area (Å²) < 4.78 is 5.91. The zero-order valence-corrected chi connectivity index (χ0v) is 11.3. The van der Waals surface area contributed by atoms with E-state index in [1.807, 2.05) is 0 Å². The van der Waals surface area contributed by atoms with Crippen LogP contribution < -0.4 is 10.1 Å². The van der Waals surface area contributed by atoms with Crippen LogP contribution in [0.3, 0.4) is 0 Å². The molecule has 0 radical (unpaired) electrons. The Labute approximate surface area is 109 Å². The third-order valence-corrected chi connectivity index (χ3v) is 4.30. The molecule has 3 nitrogen and oxygen atoms in total. The quantitative estimate of drug-likeness (QED) is 0.820. The molecule has 2 aliphatic rings. The highest BCUT2D eigenvalue weighted by Crippen LogP contribution is 2.39. The fourth-order valence-electron chi connectivity index (χ4n) is 3.07. The van der Waals surface area contributed by atoms with Gasteiger partial charge in [-0.25, -0.2) is 0 Å². The number of fused-ring (bicyclic) bond motifs is 1. The minimum Gasteiger partial charge on any atom is -0.493 e. The van der Waals surface area contributed by atoms with Crippen molar-refractivity contribution in [2.45, 2.75) is 26.3 Å². The van der Waals surface area contributed by atoms with Crippen molar-refractivity contribution >= 4 is 0 Å². The van der Waals surface area contributed by atoms with Crippen molar-refractivity contribution in [3.8, 4) is 5.75 Å². The Morgan fingerprint density at radius 1 is 1.22 bits per heavy atom. The Kier molecular flexibility index (Phi) is 3.27. The van der Waals surface area contributed by atoms with Crippen LogP contribution in [0.4, 0.5) is 0 Å². The van der Waals surface area contributed by atoms with E-state index in [1.54, 1.807) is 0 Å². The molecule has 0 aromatic heterocycles. The van der Waals surface area contributed by atoms with Gasteiger partial charge in [0.1, 0.15) is 5.75 Å². The van der Waals surface area contributed by atoms with E-state index in [1.165, 1.54) is 16.7 Å². The Morgan fingerprint density at radius 3 is 2.78 bits per heavy atom. The average molecular weight is 246 g/mol. The van der Waals surface area contributed by atoms with E-state index in [0.717, 1.165) is 45.0 Å². The lowest BCUT2D eigenvalue weighted by Crippen LogP contribution is -2.46. The van der Waals surface area contributed by atoms with Crippen LogP contribution >= 0.6 is 0 Å². The topological polar surface area (TPSA) is 24.5 Å². The summed E-state index contributed by atoms with van der Waals surface area (Å²) in [6, 6.07) is 5.05. The molecular weight excluding hydrogens is 224 g/mol. The summed E-state index contributed by atoms with van der Waals surface area (Å²) in [7, 11) is 0. The van der Waals surface area contributed by atoms with Crippen molar-refractivity contribution in [1.82, 2.24) is 10.2 Å². The van der Waals surface area contributed by atoms with Crippen molar-refractivity contribution in [2.75, 3.05) is 32.8 Å². The van der Waals surface area contributed by atoms with Gasteiger partial charge in [0.15, 0.2) is 0 Å². The van der Waals surface area contributed by atoms with Gasteiger partial charge in [-0.1, -0.05) is 12.1 Å². The molecule has 0 amide bonds. The first-order valence-corrected chi connectivity index (χ1v) is 6.95. The largest absolute Gasteiger partial charge is 0.493 e. The van der Waals surface area contributed by atoms with Gasteiger partial charge < -0.3 is 10.1 Å². The van der Waals surface area contributed by atoms with E-state index >= 15 is 0 Å². The molecule has 3 rings (SSSR count). The zero-order chi connectivity index (χ0) is 12.5. The molecule has 1 unspecified atom stereocenters. The van der Waals surface area contributed by atoms with Crippen molar-refractivity contribution in [1.29, 1.82) is 0 Å². The highest BCUT2D eigenvalue weighted by molar-refractivity contribution is 5.47. The molecular formula is C15H22N2O. The van der Waals surface area contributed by atoms with Crippen LogP contribution in [-0.2, 0) is 0 Å². The zero-order valence-electron chi connectivity index (χ0n) is 11.3. The van der Waals surface area contributed by atoms with E-state index in [9.17, 15) is 0 Å². The monoisotopic (exact) mass is 246 g/mol. The van der Waals surface area contributed by atoms with E-state index < -0.39 is 0 Å². The standard InChI is InChI=1S/C15H22N2O/c1-11-3-4-13-14(17-8-6-16-7-9-17)5-10-18-15(13)12(11)2/h3-4,14,16H,5-10H2,1-2H3. The minimum absolute atomic E-state index is 0.551. The third-order valence-electron chi connectivity index (χ3n) is 4.30. The summed E-state index contributed by atoms with van der Waals surface area (Å²) in [4.78, 5) is 2.60. The van der Waals surface area contributed by atoms with Gasteiger partial charge in [0.2, 0.25) is 0 Å². The van der Waals surface area contributed by atoms with Crippen LogP contribution in [-0.4, -0.2) is 37.7 Å². The van der Waals surface area contributed by atoms with Gasteiger partial charge >= 0.3 is 0 Å². The SMILES string of the molecule is Cc1ccc2c(c1C)OCCC2N1CCNCC1. The maximum atomic E-state index is 5.91. The number of hydrogen-bond acceptors (Lipinski definition) is 3. The maximum absolute atomic E-state index is 5.91. The van der Waals surface area contributed by atoms with Gasteiger partial charge in [-0.05, 0) is 25.0 Å². The van der Waals surface area contributed by atoms with Crippen molar-refractivity contribution < 1.29 is 4.74 Å². The fourth-order valence-corrected chi connectivity index (χ4v) is 3.07. The molecule has 2 heterocycles. The van der Waals surface area contributed by atoms with Gasteiger partial charge in [-0.15, -0.1) is 0 Å². The molecule has 0 spiro atoms. The Balaban J connectivity index is 1.94. The second-order valence-electron chi connectivity index (χ2n) is 5.36. The van der Waals surface area contributed by atoms with Crippen LogP contribution in [0.1, 0.15) is 29.2 Å². The van der Waals surface area contributed by atoms with Gasteiger partial charge in [0.05, 0.1) is 6.61 Å². The number of benzene rings is 1. The predicted molar refractivity (Wildman–Crippen MR) is 73.2 cm³/mol. The summed E-state index contributed by atoms with van der Waals surface area (Å²) >= 11 is 0. The smallest absolute Gasteiger partial charge is 0.127 e. The molecule has 2 aliphatic heterocycles. The number of nitrogens with one attached hydrogen (secondary N) is 1. The van der Waals surface area contributed by atoms with Gasteiger partial charge in [-0.2, -0.15) is 0 Å². The Bertz CT molecular complexity index is 438. The number of aryl methyl sites for hydroxylation is 1. The molecule has 1 N–H and O–H groups in total. The summed E-state index contributed by atoms with van der Waals surface area (Å²) in [5.41, 5.74) is 4.04. The average Bonchev–Trinajstić information content (AvgIpc) is 2.43. The first kappa shape index (κ1) is 12.0. The van der Waals surface area contributed by atoms with E-state index in [0.29, 0.717) is 6.04 Å². The summed E-state index contributed by atoms with van der Waals surface area (Å²) in [5.74, 6) is 1.14. The second-order valence-corrected chi connectivity index (χ2v) is 5.36. The lowest BCUT2D eigenvalue weighted by molar-refractivity contribution is 0.126. The highest BCUT2D eigenvalue weighted by atomic mass is 16.5. The molecule has 0 saturated carbocycles. The van der Waals surface area contributed by atoms with Crippen molar-refractivity contribution in [3.63, 3.8) is 0 Å². The minimum atomic E-state index is 0.551. The molecule has 1 fully saturated rings. The molecule has 1 aromatic rings. The predicted octanol–water partition coefficient (Wildman–Crippen LogP) is 2.03. The number of nitrogens with zero attached hydrogens (tertiary/aromatic N) is 1. The molecule has 18 heavy (non-hydrogen) atoms. The third kappa shape index (κ3) is 2.02. The number of rotatable bonds is 1. The molecule has 0 aliphatic carbocycles. The fraction of sp³-hybridized carbons (Fsp3) is 0.600. The number of hydrogen-bond donors (Lipinski definition) is 1. The molecule has 1 saturated heterocycles. The Hall–Kier alpha value is -1.06. The van der Waals surface area contributed by atoms with Gasteiger partial charge in [-0.3, -0.25) is 4.90 Å². The first-order chi connectivity index (χ1) is 8.77. The summed E-state index contributed by atoms with van der Waals surface area (Å²) in [5, 5.41) is 3.43. The number of ether oxygens (including phenoxy) is 1. The molecule has 0 bridgehead atoms. The molecule has 1 aromatic carbocycles. The van der Waals surface area contributed by atoms with Crippen LogP contribution in [0.2, 0.25) is 0 Å². The van der Waals surface area contributed by atoms with Crippen molar-refractivity contribution in [2.24, 2.45) is 0 Å². The Morgan fingerprint density at radius 2 is 2.00 bits per heavy atom.